The van der Waals surface area contributed by atoms with E-state index in [2.05, 4.69) is 20.4 Å². The predicted octanol–water partition coefficient (Wildman–Crippen LogP) is 3.95. The van der Waals surface area contributed by atoms with E-state index in [0.29, 0.717) is 40.5 Å². The Morgan fingerprint density at radius 2 is 2.00 bits per heavy atom. The highest BCUT2D eigenvalue weighted by molar-refractivity contribution is 7.98. The van der Waals surface area contributed by atoms with E-state index >= 15 is 0 Å². The number of ether oxygens (including phenoxy) is 3. The zero-order chi connectivity index (χ0) is 23.7. The first-order valence-electron chi connectivity index (χ1n) is 10.7. The van der Waals surface area contributed by atoms with Crippen LogP contribution in [-0.2, 0) is 17.8 Å². The second-order valence-corrected chi connectivity index (χ2v) is 8.57. The summed E-state index contributed by atoms with van der Waals surface area (Å²) in [6.45, 7) is 4.39. The molecule has 0 bridgehead atoms. The van der Waals surface area contributed by atoms with Crippen LogP contribution in [0.25, 0.3) is 5.78 Å². The molecule has 0 fully saturated rings. The van der Waals surface area contributed by atoms with E-state index in [1.54, 1.807) is 10.6 Å². The third-order valence-corrected chi connectivity index (χ3v) is 6.05. The molecule has 4 aromatic rings. The van der Waals surface area contributed by atoms with E-state index in [4.69, 9.17) is 14.2 Å². The smallest absolute Gasteiger partial charge is 0.253 e. The summed E-state index contributed by atoms with van der Waals surface area (Å²) in [7, 11) is 0. The van der Waals surface area contributed by atoms with Crippen LogP contribution in [0.2, 0.25) is 0 Å². The van der Waals surface area contributed by atoms with Crippen molar-refractivity contribution in [1.29, 1.82) is 0 Å². The zero-order valence-corrected chi connectivity index (χ0v) is 19.8. The normalized spacial score (nSPS) is 12.2. The molecule has 1 N–H and O–H groups in total. The number of hydrogen-bond acceptors (Lipinski definition) is 8. The molecule has 0 radical (unpaired) electrons. The molecular weight excluding hydrogens is 454 g/mol. The number of fused-ring (bicyclic) bond motifs is 2. The van der Waals surface area contributed by atoms with E-state index in [-0.39, 0.29) is 19.1 Å². The van der Waals surface area contributed by atoms with Crippen molar-refractivity contribution >= 4 is 29.1 Å². The molecule has 34 heavy (non-hydrogen) atoms. The zero-order valence-electron chi connectivity index (χ0n) is 19.0. The number of anilines is 1. The second-order valence-electron chi connectivity index (χ2n) is 7.80. The van der Waals surface area contributed by atoms with Crippen LogP contribution in [0.15, 0.2) is 47.6 Å². The fraction of sp³-hybridized carbons (Fsp3) is 0.250. The number of amides is 1. The highest BCUT2D eigenvalue weighted by Gasteiger charge is 2.17. The van der Waals surface area contributed by atoms with Gasteiger partial charge in [-0.1, -0.05) is 23.9 Å². The summed E-state index contributed by atoms with van der Waals surface area (Å²) < 4.78 is 18.3. The van der Waals surface area contributed by atoms with Gasteiger partial charge >= 0.3 is 0 Å². The number of thioether (sulfide) groups is 1. The lowest BCUT2D eigenvalue weighted by Gasteiger charge is -2.12. The van der Waals surface area contributed by atoms with Gasteiger partial charge in [-0.25, -0.2) is 9.50 Å². The predicted molar refractivity (Wildman–Crippen MR) is 128 cm³/mol. The van der Waals surface area contributed by atoms with Crippen LogP contribution in [0.3, 0.4) is 0 Å². The van der Waals surface area contributed by atoms with Gasteiger partial charge < -0.3 is 19.5 Å². The fourth-order valence-electron chi connectivity index (χ4n) is 3.77. The Morgan fingerprint density at radius 3 is 2.85 bits per heavy atom. The largest absolute Gasteiger partial charge is 0.489 e. The van der Waals surface area contributed by atoms with E-state index in [0.717, 1.165) is 22.5 Å². The van der Waals surface area contributed by atoms with Gasteiger partial charge in [-0.05, 0) is 49.9 Å². The first kappa shape index (κ1) is 22.0. The number of hydrogen-bond donors (Lipinski definition) is 1. The summed E-state index contributed by atoms with van der Waals surface area (Å²) in [5.41, 5.74) is 4.09. The number of carbonyl (C=O) groups excluding carboxylic acids is 1. The van der Waals surface area contributed by atoms with Gasteiger partial charge in [-0.2, -0.15) is 4.98 Å². The minimum Gasteiger partial charge on any atom is -0.489 e. The van der Waals surface area contributed by atoms with Crippen LogP contribution in [-0.4, -0.2) is 38.5 Å². The van der Waals surface area contributed by atoms with E-state index in [1.165, 1.54) is 11.8 Å². The fourth-order valence-corrected chi connectivity index (χ4v) is 4.11. The molecule has 174 valence electrons. The van der Waals surface area contributed by atoms with Crippen molar-refractivity contribution in [2.24, 2.45) is 0 Å². The van der Waals surface area contributed by atoms with E-state index in [9.17, 15) is 4.79 Å². The maximum absolute atomic E-state index is 12.8. The Morgan fingerprint density at radius 1 is 1.15 bits per heavy atom. The minimum absolute atomic E-state index is 0.133. The van der Waals surface area contributed by atoms with Crippen molar-refractivity contribution in [3.05, 3.63) is 65.0 Å². The average molecular weight is 478 g/mol. The minimum atomic E-state index is -0.133. The Labute approximate surface area is 200 Å². The third kappa shape index (κ3) is 4.49. The van der Waals surface area contributed by atoms with Gasteiger partial charge in [-0.3, -0.25) is 4.79 Å². The summed E-state index contributed by atoms with van der Waals surface area (Å²) >= 11 is 1.46. The van der Waals surface area contributed by atoms with Crippen molar-refractivity contribution in [3.8, 4) is 17.2 Å². The second kappa shape index (κ2) is 9.22. The number of aromatic nitrogens is 4. The summed E-state index contributed by atoms with van der Waals surface area (Å²) in [6.07, 6.45) is 2.10. The summed E-state index contributed by atoms with van der Waals surface area (Å²) in [5.74, 6) is 2.48. The number of benzene rings is 2. The van der Waals surface area contributed by atoms with E-state index in [1.807, 2.05) is 56.5 Å². The molecule has 2 aromatic heterocycles. The number of aryl methyl sites for hydroxylation is 2. The molecule has 0 aliphatic carbocycles. The summed E-state index contributed by atoms with van der Waals surface area (Å²) in [5, 5.41) is 8.07. The highest BCUT2D eigenvalue weighted by Crippen LogP contribution is 2.35. The van der Waals surface area contributed by atoms with Crippen LogP contribution in [0.5, 0.6) is 17.2 Å². The Bertz CT molecular complexity index is 1390. The van der Waals surface area contributed by atoms with Gasteiger partial charge in [0.15, 0.2) is 11.5 Å². The molecule has 3 heterocycles. The summed E-state index contributed by atoms with van der Waals surface area (Å²) in [4.78, 5) is 21.7. The van der Waals surface area contributed by atoms with Crippen LogP contribution in [0.4, 0.5) is 5.69 Å². The maximum atomic E-state index is 12.8. The molecule has 0 unspecified atom stereocenters. The molecule has 1 aliphatic rings. The number of rotatable bonds is 7. The van der Waals surface area contributed by atoms with E-state index < -0.39 is 0 Å². The van der Waals surface area contributed by atoms with Crippen LogP contribution in [0.1, 0.15) is 22.5 Å². The van der Waals surface area contributed by atoms with Crippen molar-refractivity contribution in [2.75, 3.05) is 18.4 Å². The number of carbonyl (C=O) groups is 1. The van der Waals surface area contributed by atoms with Gasteiger partial charge in [0.1, 0.15) is 12.4 Å². The van der Waals surface area contributed by atoms with Crippen molar-refractivity contribution in [1.82, 2.24) is 19.6 Å². The maximum Gasteiger partial charge on any atom is 0.253 e. The summed E-state index contributed by atoms with van der Waals surface area (Å²) in [6, 6.07) is 13.1. The highest BCUT2D eigenvalue weighted by atomic mass is 32.2. The molecule has 0 atom stereocenters. The van der Waals surface area contributed by atoms with Gasteiger partial charge in [-0.15, -0.1) is 5.10 Å². The monoisotopic (exact) mass is 477 g/mol. The van der Waals surface area contributed by atoms with Gasteiger partial charge in [0.05, 0.1) is 6.42 Å². The van der Waals surface area contributed by atoms with Gasteiger partial charge in [0, 0.05) is 28.7 Å². The first-order valence-corrected chi connectivity index (χ1v) is 11.9. The Kier molecular flexibility index (Phi) is 5.97. The first-order chi connectivity index (χ1) is 16.5. The van der Waals surface area contributed by atoms with Gasteiger partial charge in [0.2, 0.25) is 17.9 Å². The molecule has 1 aliphatic heterocycles. The third-order valence-electron chi connectivity index (χ3n) is 5.51. The van der Waals surface area contributed by atoms with Crippen LogP contribution in [0, 0.1) is 13.8 Å². The topological polar surface area (TPSA) is 99.9 Å². The van der Waals surface area contributed by atoms with Crippen LogP contribution >= 0.6 is 11.8 Å². The van der Waals surface area contributed by atoms with Crippen molar-refractivity contribution in [3.63, 3.8) is 0 Å². The molecule has 0 saturated heterocycles. The van der Waals surface area contributed by atoms with Crippen LogP contribution < -0.4 is 19.5 Å². The van der Waals surface area contributed by atoms with Crippen molar-refractivity contribution < 1.29 is 19.0 Å². The molecule has 10 heteroatoms. The molecular formula is C24H23N5O4S. The number of nitrogens with zero attached hydrogens (tertiary/aromatic N) is 4. The SMILES string of the molecule is CSc1nc2nc(C)c(CC(=O)Nc3cccc(COc4ccc5c(c4)OCO5)c3)c(C)n2n1. The molecule has 0 saturated carbocycles. The van der Waals surface area contributed by atoms with Crippen molar-refractivity contribution in [2.45, 2.75) is 32.0 Å². The molecule has 9 nitrogen and oxygen atoms in total. The lowest BCUT2D eigenvalue weighted by Crippen LogP contribution is -2.18. The quantitative estimate of drug-likeness (QED) is 0.400. The van der Waals surface area contributed by atoms with Gasteiger partial charge in [0.25, 0.3) is 5.78 Å². The molecule has 1 amide bonds. The Hall–Kier alpha value is -3.79. The lowest BCUT2D eigenvalue weighted by atomic mass is 10.1. The molecule has 2 aromatic carbocycles. The average Bonchev–Trinajstić information content (AvgIpc) is 3.47. The lowest BCUT2D eigenvalue weighted by molar-refractivity contribution is -0.115. The molecule has 5 rings (SSSR count). The molecule has 0 spiro atoms. The Balaban J connectivity index is 1.25. The number of nitrogens with one attached hydrogen (secondary N) is 1. The standard InChI is InChI=1S/C24H23N5O4S/c1-14-19(15(2)29-23(25-14)27-24(28-29)34-3)11-22(30)26-17-6-4-5-16(9-17)12-31-18-7-8-20-21(10-18)33-13-32-20/h4-10H,11-13H2,1-3H3,(H,26,30).